The summed E-state index contributed by atoms with van der Waals surface area (Å²) in [6, 6.07) is 0. The van der Waals surface area contributed by atoms with Crippen LogP contribution in [0.15, 0.2) is 12.5 Å². The van der Waals surface area contributed by atoms with E-state index < -0.39 is 0 Å². The lowest BCUT2D eigenvalue weighted by atomic mass is 9.90. The summed E-state index contributed by atoms with van der Waals surface area (Å²) < 4.78 is 7.45. The van der Waals surface area contributed by atoms with Crippen molar-refractivity contribution >= 4 is 17.3 Å². The zero-order valence-corrected chi connectivity index (χ0v) is 13.2. The van der Waals surface area contributed by atoms with Gasteiger partial charge in [0.05, 0.1) is 12.0 Å². The summed E-state index contributed by atoms with van der Waals surface area (Å²) >= 11 is 1.60. The van der Waals surface area contributed by atoms with Crippen molar-refractivity contribution in [1.29, 1.82) is 0 Å². The number of carbonyl (C=O) groups is 1. The third-order valence-electron chi connectivity index (χ3n) is 3.90. The van der Waals surface area contributed by atoms with Gasteiger partial charge in [-0.05, 0) is 25.7 Å². The van der Waals surface area contributed by atoms with E-state index in [1.807, 2.05) is 17.8 Å². The van der Waals surface area contributed by atoms with Crippen LogP contribution in [0.5, 0.6) is 0 Å². The third kappa shape index (κ3) is 2.85. The van der Waals surface area contributed by atoms with Crippen LogP contribution in [-0.4, -0.2) is 20.5 Å². The fraction of sp³-hybridized carbons (Fsp3) is 0.533. The van der Waals surface area contributed by atoms with E-state index in [2.05, 4.69) is 16.9 Å². The van der Waals surface area contributed by atoms with Gasteiger partial charge in [0, 0.05) is 23.8 Å². The first-order valence-electron chi connectivity index (χ1n) is 7.29. The number of thiazole rings is 1. The van der Waals surface area contributed by atoms with Crippen LogP contribution in [0.2, 0.25) is 0 Å². The molecule has 0 bridgehead atoms. The minimum absolute atomic E-state index is 0.178. The average Bonchev–Trinajstić information content (AvgIpc) is 3.12. The first-order valence-corrected chi connectivity index (χ1v) is 8.11. The molecule has 0 radical (unpaired) electrons. The van der Waals surface area contributed by atoms with Gasteiger partial charge < -0.3 is 9.30 Å². The van der Waals surface area contributed by atoms with E-state index in [1.165, 1.54) is 4.88 Å². The number of nitrogens with zero attached hydrogens (tertiary/aromatic N) is 3. The number of ether oxygens (including phenoxy) is 1. The molecule has 0 spiro atoms. The van der Waals surface area contributed by atoms with Gasteiger partial charge in [-0.3, -0.25) is 4.79 Å². The molecule has 0 amide bonds. The number of aryl methyl sites for hydroxylation is 2. The standard InChI is InChI=1S/C15H19N3O2S/c1-3-10-7-16-13(21-10)8-20-15(19)11-5-4-6-12-14(11)17-9-18(12)2/h7,9,11H,3-6,8H2,1-2H3. The molecule has 1 aliphatic rings. The summed E-state index contributed by atoms with van der Waals surface area (Å²) in [6.07, 6.45) is 7.41. The van der Waals surface area contributed by atoms with Crippen LogP contribution < -0.4 is 0 Å². The molecule has 21 heavy (non-hydrogen) atoms. The number of imidazole rings is 1. The molecule has 0 saturated heterocycles. The lowest BCUT2D eigenvalue weighted by Gasteiger charge is -2.20. The molecule has 0 N–H and O–H groups in total. The Morgan fingerprint density at radius 1 is 1.52 bits per heavy atom. The summed E-state index contributed by atoms with van der Waals surface area (Å²) in [5.74, 6) is -0.400. The molecule has 2 aromatic heterocycles. The van der Waals surface area contributed by atoms with Crippen LogP contribution in [0.4, 0.5) is 0 Å². The summed E-state index contributed by atoms with van der Waals surface area (Å²) in [6.45, 7) is 2.36. The van der Waals surface area contributed by atoms with Gasteiger partial charge in [0.25, 0.3) is 0 Å². The van der Waals surface area contributed by atoms with Crippen LogP contribution in [0.25, 0.3) is 0 Å². The smallest absolute Gasteiger partial charge is 0.315 e. The Kier molecular flexibility index (Phi) is 4.05. The maximum atomic E-state index is 12.3. The predicted octanol–water partition coefficient (Wildman–Crippen LogP) is 2.60. The molecule has 0 aromatic carbocycles. The molecule has 6 heteroatoms. The van der Waals surface area contributed by atoms with Crippen molar-refractivity contribution in [3.8, 4) is 0 Å². The minimum atomic E-state index is -0.222. The van der Waals surface area contributed by atoms with E-state index in [0.717, 1.165) is 42.1 Å². The molecule has 1 atom stereocenters. The van der Waals surface area contributed by atoms with E-state index in [9.17, 15) is 4.79 Å². The van der Waals surface area contributed by atoms with Gasteiger partial charge in [-0.15, -0.1) is 11.3 Å². The van der Waals surface area contributed by atoms with E-state index in [4.69, 9.17) is 4.74 Å². The number of rotatable bonds is 4. The van der Waals surface area contributed by atoms with Gasteiger partial charge in [0.1, 0.15) is 17.5 Å². The van der Waals surface area contributed by atoms with Crippen molar-refractivity contribution in [3.05, 3.63) is 33.8 Å². The number of fused-ring (bicyclic) bond motifs is 1. The predicted molar refractivity (Wildman–Crippen MR) is 80.2 cm³/mol. The second kappa shape index (κ2) is 5.97. The second-order valence-corrected chi connectivity index (χ2v) is 6.51. The number of aromatic nitrogens is 3. The highest BCUT2D eigenvalue weighted by atomic mass is 32.1. The van der Waals surface area contributed by atoms with Crippen molar-refractivity contribution in [1.82, 2.24) is 14.5 Å². The maximum Gasteiger partial charge on any atom is 0.315 e. The van der Waals surface area contributed by atoms with Crippen molar-refractivity contribution in [3.63, 3.8) is 0 Å². The van der Waals surface area contributed by atoms with Gasteiger partial charge in [-0.1, -0.05) is 6.92 Å². The second-order valence-electron chi connectivity index (χ2n) is 5.31. The van der Waals surface area contributed by atoms with Crippen molar-refractivity contribution < 1.29 is 9.53 Å². The lowest BCUT2D eigenvalue weighted by Crippen LogP contribution is -2.21. The van der Waals surface area contributed by atoms with Crippen LogP contribution in [0.3, 0.4) is 0 Å². The van der Waals surface area contributed by atoms with Gasteiger partial charge in [0.2, 0.25) is 0 Å². The van der Waals surface area contributed by atoms with E-state index >= 15 is 0 Å². The molecular weight excluding hydrogens is 286 g/mol. The van der Waals surface area contributed by atoms with Crippen molar-refractivity contribution in [2.45, 2.75) is 45.1 Å². The topological polar surface area (TPSA) is 57.0 Å². The molecule has 3 rings (SSSR count). The van der Waals surface area contributed by atoms with Crippen LogP contribution in [0, 0.1) is 0 Å². The number of hydrogen-bond donors (Lipinski definition) is 0. The third-order valence-corrected chi connectivity index (χ3v) is 5.02. The van der Waals surface area contributed by atoms with Gasteiger partial charge in [-0.2, -0.15) is 0 Å². The molecule has 1 aliphatic carbocycles. The van der Waals surface area contributed by atoms with Crippen LogP contribution >= 0.6 is 11.3 Å². The largest absolute Gasteiger partial charge is 0.458 e. The Morgan fingerprint density at radius 3 is 3.14 bits per heavy atom. The highest BCUT2D eigenvalue weighted by Gasteiger charge is 2.31. The van der Waals surface area contributed by atoms with Crippen molar-refractivity contribution in [2.24, 2.45) is 7.05 Å². The average molecular weight is 305 g/mol. The molecule has 0 fully saturated rings. The zero-order valence-electron chi connectivity index (χ0n) is 12.3. The van der Waals surface area contributed by atoms with Gasteiger partial charge in [-0.25, -0.2) is 9.97 Å². The van der Waals surface area contributed by atoms with Crippen molar-refractivity contribution in [2.75, 3.05) is 0 Å². The van der Waals surface area contributed by atoms with Gasteiger partial charge in [0.15, 0.2) is 0 Å². The molecule has 1 unspecified atom stereocenters. The minimum Gasteiger partial charge on any atom is -0.458 e. The fourth-order valence-electron chi connectivity index (χ4n) is 2.72. The fourth-order valence-corrected chi connectivity index (χ4v) is 3.50. The van der Waals surface area contributed by atoms with E-state index in [0.29, 0.717) is 0 Å². The molecule has 2 aromatic rings. The molecule has 112 valence electrons. The zero-order chi connectivity index (χ0) is 14.8. The Morgan fingerprint density at radius 2 is 2.38 bits per heavy atom. The maximum absolute atomic E-state index is 12.3. The first-order chi connectivity index (χ1) is 10.2. The molecule has 2 heterocycles. The van der Waals surface area contributed by atoms with E-state index in [1.54, 1.807) is 17.7 Å². The first kappa shape index (κ1) is 14.3. The SMILES string of the molecule is CCc1cnc(COC(=O)C2CCCc3c2ncn3C)s1. The highest BCUT2D eigenvalue weighted by Crippen LogP contribution is 2.31. The Bertz CT molecular complexity index is 647. The lowest BCUT2D eigenvalue weighted by molar-refractivity contribution is -0.147. The Hall–Kier alpha value is -1.69. The monoisotopic (exact) mass is 305 g/mol. The molecular formula is C15H19N3O2S. The summed E-state index contributed by atoms with van der Waals surface area (Å²) in [5.41, 5.74) is 2.05. The number of carbonyl (C=O) groups excluding carboxylic acids is 1. The quantitative estimate of drug-likeness (QED) is 0.815. The molecule has 0 saturated carbocycles. The number of hydrogen-bond acceptors (Lipinski definition) is 5. The van der Waals surface area contributed by atoms with Crippen LogP contribution in [0.1, 0.15) is 47.0 Å². The summed E-state index contributed by atoms with van der Waals surface area (Å²) in [4.78, 5) is 22.2. The molecule has 5 nitrogen and oxygen atoms in total. The normalized spacial score (nSPS) is 17.5. The Labute approximate surface area is 128 Å². The van der Waals surface area contributed by atoms with Crippen LogP contribution in [-0.2, 0) is 36.0 Å². The Balaban J connectivity index is 1.66. The summed E-state index contributed by atoms with van der Waals surface area (Å²) in [5, 5.41) is 0.859. The highest BCUT2D eigenvalue weighted by molar-refractivity contribution is 7.11. The van der Waals surface area contributed by atoms with Gasteiger partial charge >= 0.3 is 5.97 Å². The number of esters is 1. The van der Waals surface area contributed by atoms with E-state index in [-0.39, 0.29) is 18.5 Å². The molecule has 0 aliphatic heterocycles. The summed E-state index contributed by atoms with van der Waals surface area (Å²) in [7, 11) is 1.97.